The van der Waals surface area contributed by atoms with Gasteiger partial charge in [0, 0.05) is 11.4 Å². The van der Waals surface area contributed by atoms with Crippen LogP contribution < -0.4 is 5.32 Å². The first-order valence-electron chi connectivity index (χ1n) is 6.35. The van der Waals surface area contributed by atoms with Gasteiger partial charge in [-0.15, -0.1) is 11.8 Å². The molecule has 1 aliphatic carbocycles. The van der Waals surface area contributed by atoms with Crippen molar-refractivity contribution in [2.75, 3.05) is 12.3 Å². The van der Waals surface area contributed by atoms with Crippen LogP contribution in [-0.2, 0) is 4.79 Å². The first-order chi connectivity index (χ1) is 8.97. The van der Waals surface area contributed by atoms with Gasteiger partial charge in [0.05, 0.1) is 11.4 Å². The molecule has 19 heavy (non-hydrogen) atoms. The van der Waals surface area contributed by atoms with Gasteiger partial charge < -0.3 is 10.4 Å². The topological polar surface area (TPSA) is 49.3 Å². The highest BCUT2D eigenvalue weighted by Crippen LogP contribution is 2.38. The number of hydrogen-bond acceptors (Lipinski definition) is 3. The molecule has 1 amide bonds. The van der Waals surface area contributed by atoms with Gasteiger partial charge in [0.2, 0.25) is 5.91 Å². The summed E-state index contributed by atoms with van der Waals surface area (Å²) in [4.78, 5) is 12.5. The Kier molecular flexibility index (Phi) is 4.47. The van der Waals surface area contributed by atoms with Crippen molar-refractivity contribution in [3.8, 4) is 0 Å². The van der Waals surface area contributed by atoms with Gasteiger partial charge in [-0.05, 0) is 49.9 Å². The summed E-state index contributed by atoms with van der Waals surface area (Å²) in [5.41, 5.74) is -0.795. The monoisotopic (exact) mass is 283 g/mol. The van der Waals surface area contributed by atoms with Crippen LogP contribution in [0.2, 0.25) is 0 Å². The molecule has 2 rings (SSSR count). The van der Waals surface area contributed by atoms with Crippen LogP contribution in [-0.4, -0.2) is 28.9 Å². The van der Waals surface area contributed by atoms with Crippen LogP contribution in [0.25, 0.3) is 0 Å². The van der Waals surface area contributed by atoms with Crippen molar-refractivity contribution in [3.05, 3.63) is 30.1 Å². The zero-order valence-corrected chi connectivity index (χ0v) is 11.7. The average Bonchev–Trinajstić information content (AvgIpc) is 3.20. The van der Waals surface area contributed by atoms with E-state index in [4.69, 9.17) is 0 Å². The van der Waals surface area contributed by atoms with Crippen LogP contribution in [0.1, 0.15) is 19.8 Å². The molecule has 5 heteroatoms. The molecule has 2 N–H and O–H groups in total. The van der Waals surface area contributed by atoms with E-state index in [1.807, 2.05) is 0 Å². The number of nitrogens with one attached hydrogen (secondary N) is 1. The number of aliphatic hydroxyl groups is 1. The van der Waals surface area contributed by atoms with Crippen molar-refractivity contribution in [1.29, 1.82) is 0 Å². The van der Waals surface area contributed by atoms with Gasteiger partial charge in [0.1, 0.15) is 5.82 Å². The highest BCUT2D eigenvalue weighted by Gasteiger charge is 2.39. The van der Waals surface area contributed by atoms with Crippen LogP contribution in [0.3, 0.4) is 0 Å². The maximum atomic E-state index is 12.7. The van der Waals surface area contributed by atoms with Crippen molar-refractivity contribution >= 4 is 17.7 Å². The molecule has 3 nitrogen and oxygen atoms in total. The Hall–Kier alpha value is -1.07. The molecule has 1 fully saturated rings. The minimum Gasteiger partial charge on any atom is -0.388 e. The Morgan fingerprint density at radius 3 is 2.68 bits per heavy atom. The molecule has 0 saturated heterocycles. The van der Waals surface area contributed by atoms with E-state index in [9.17, 15) is 14.3 Å². The largest absolute Gasteiger partial charge is 0.388 e. The fourth-order valence-electron chi connectivity index (χ4n) is 1.86. The van der Waals surface area contributed by atoms with E-state index in [1.54, 1.807) is 19.1 Å². The van der Waals surface area contributed by atoms with Crippen LogP contribution in [0, 0.1) is 11.7 Å². The number of halogens is 1. The Bertz CT molecular complexity index is 443. The predicted octanol–water partition coefficient (Wildman–Crippen LogP) is 2.20. The first-order valence-corrected chi connectivity index (χ1v) is 7.33. The van der Waals surface area contributed by atoms with Crippen LogP contribution >= 0.6 is 11.8 Å². The maximum Gasteiger partial charge on any atom is 0.230 e. The number of carbonyl (C=O) groups is 1. The Morgan fingerprint density at radius 2 is 2.11 bits per heavy atom. The lowest BCUT2D eigenvalue weighted by Gasteiger charge is -2.23. The molecule has 1 atom stereocenters. The molecule has 0 bridgehead atoms. The van der Waals surface area contributed by atoms with E-state index >= 15 is 0 Å². The minimum atomic E-state index is -0.795. The lowest BCUT2D eigenvalue weighted by Crippen LogP contribution is -2.42. The lowest BCUT2D eigenvalue weighted by molar-refractivity contribution is -0.119. The number of thioether (sulfide) groups is 1. The second kappa shape index (κ2) is 5.92. The molecule has 1 aromatic carbocycles. The maximum absolute atomic E-state index is 12.7. The zero-order valence-electron chi connectivity index (χ0n) is 10.9. The molecule has 1 saturated carbocycles. The van der Waals surface area contributed by atoms with Gasteiger partial charge in [-0.3, -0.25) is 4.79 Å². The van der Waals surface area contributed by atoms with Crippen molar-refractivity contribution in [2.24, 2.45) is 5.92 Å². The Labute approximate surface area is 116 Å². The summed E-state index contributed by atoms with van der Waals surface area (Å²) in [7, 11) is 0. The number of amides is 1. The van der Waals surface area contributed by atoms with Crippen molar-refractivity contribution in [2.45, 2.75) is 30.3 Å². The number of hydrogen-bond donors (Lipinski definition) is 2. The van der Waals surface area contributed by atoms with E-state index in [0.29, 0.717) is 12.5 Å². The van der Waals surface area contributed by atoms with E-state index in [-0.39, 0.29) is 17.5 Å². The van der Waals surface area contributed by atoms with Crippen LogP contribution in [0.4, 0.5) is 4.39 Å². The molecule has 1 aliphatic rings. The summed E-state index contributed by atoms with van der Waals surface area (Å²) in [6, 6.07) is 6.04. The van der Waals surface area contributed by atoms with Gasteiger partial charge in [0.25, 0.3) is 0 Å². The quantitative estimate of drug-likeness (QED) is 0.787. The second-order valence-corrected chi connectivity index (χ2v) is 6.20. The summed E-state index contributed by atoms with van der Waals surface area (Å²) in [6.45, 7) is 2.05. The van der Waals surface area contributed by atoms with Crippen molar-refractivity contribution in [1.82, 2.24) is 5.32 Å². The fraction of sp³-hybridized carbons (Fsp3) is 0.500. The first kappa shape index (κ1) is 14.3. The van der Waals surface area contributed by atoms with Gasteiger partial charge in [-0.1, -0.05) is 0 Å². The van der Waals surface area contributed by atoms with Gasteiger partial charge in [-0.25, -0.2) is 4.39 Å². The molecular formula is C14H18FNO2S. The van der Waals surface area contributed by atoms with Gasteiger partial charge in [0.15, 0.2) is 0 Å². The summed E-state index contributed by atoms with van der Waals surface area (Å²) in [5, 5.41) is 12.8. The van der Waals surface area contributed by atoms with E-state index < -0.39 is 5.60 Å². The Balaban J connectivity index is 1.71. The highest BCUT2D eigenvalue weighted by atomic mass is 32.2. The fourth-order valence-corrected chi connectivity index (χ4v) is 2.59. The number of benzene rings is 1. The Morgan fingerprint density at radius 1 is 1.47 bits per heavy atom. The normalized spacial score (nSPS) is 17.8. The smallest absolute Gasteiger partial charge is 0.230 e. The molecule has 0 heterocycles. The second-order valence-electron chi connectivity index (χ2n) is 5.15. The van der Waals surface area contributed by atoms with Crippen molar-refractivity contribution in [3.63, 3.8) is 0 Å². The molecular weight excluding hydrogens is 265 g/mol. The summed E-state index contributed by atoms with van der Waals surface area (Å²) in [6.07, 6.45) is 2.07. The predicted molar refractivity (Wildman–Crippen MR) is 73.5 cm³/mol. The standard InChI is InChI=1S/C14H18FNO2S/c1-14(18,10-2-3-10)9-16-13(17)8-19-12-6-4-11(15)5-7-12/h4-7,10,18H,2-3,8-9H2,1H3,(H,16,17). The number of carbonyl (C=O) groups excluding carboxylic acids is 1. The van der Waals surface area contributed by atoms with Crippen LogP contribution in [0.5, 0.6) is 0 Å². The van der Waals surface area contributed by atoms with Crippen molar-refractivity contribution < 1.29 is 14.3 Å². The summed E-state index contributed by atoms with van der Waals surface area (Å²) < 4.78 is 12.7. The summed E-state index contributed by atoms with van der Waals surface area (Å²) >= 11 is 1.35. The lowest BCUT2D eigenvalue weighted by atomic mass is 10.0. The van der Waals surface area contributed by atoms with E-state index in [2.05, 4.69) is 5.32 Å². The highest BCUT2D eigenvalue weighted by molar-refractivity contribution is 8.00. The SMILES string of the molecule is CC(O)(CNC(=O)CSc1ccc(F)cc1)C1CC1. The van der Waals surface area contributed by atoms with Gasteiger partial charge in [-0.2, -0.15) is 0 Å². The molecule has 0 aromatic heterocycles. The third-order valence-electron chi connectivity index (χ3n) is 3.28. The molecule has 1 unspecified atom stereocenters. The number of rotatable bonds is 6. The molecule has 1 aromatic rings. The van der Waals surface area contributed by atoms with E-state index in [1.165, 1.54) is 23.9 Å². The third kappa shape index (κ3) is 4.51. The third-order valence-corrected chi connectivity index (χ3v) is 4.30. The minimum absolute atomic E-state index is 0.116. The summed E-state index contributed by atoms with van der Waals surface area (Å²) in [5.74, 6) is 0.189. The van der Waals surface area contributed by atoms with Gasteiger partial charge >= 0.3 is 0 Å². The molecule has 104 valence electrons. The molecule has 0 spiro atoms. The molecule has 0 radical (unpaired) electrons. The van der Waals surface area contributed by atoms with E-state index in [0.717, 1.165) is 17.7 Å². The zero-order chi connectivity index (χ0) is 13.9. The van der Waals surface area contributed by atoms with Crippen LogP contribution in [0.15, 0.2) is 29.2 Å². The average molecular weight is 283 g/mol. The molecule has 0 aliphatic heterocycles.